The molecule has 1 aromatic rings. The molecule has 0 aliphatic heterocycles. The number of halogens is 2. The number of rotatable bonds is 1. The lowest BCUT2D eigenvalue weighted by atomic mass is 10.1. The molecule has 0 fully saturated rings. The van der Waals surface area contributed by atoms with Gasteiger partial charge in [0.25, 0.3) is 0 Å². The zero-order valence-corrected chi connectivity index (χ0v) is 8.62. The van der Waals surface area contributed by atoms with Crippen LogP contribution in [0.5, 0.6) is 0 Å². The molecule has 0 heterocycles. The quantitative estimate of drug-likeness (QED) is 0.624. The van der Waals surface area contributed by atoms with E-state index in [2.05, 4.69) is 0 Å². The van der Waals surface area contributed by atoms with E-state index in [9.17, 15) is 8.78 Å². The zero-order chi connectivity index (χ0) is 10.4. The summed E-state index contributed by atoms with van der Waals surface area (Å²) in [5.74, 6) is -1.48. The molecular formula is C11H16F2. The lowest BCUT2D eigenvalue weighted by Crippen LogP contribution is -1.94. The molecule has 0 radical (unpaired) electrons. The number of benzene rings is 1. The molecule has 0 saturated heterocycles. The maximum atomic E-state index is 12.8. The molecule has 0 amide bonds. The van der Waals surface area contributed by atoms with E-state index in [4.69, 9.17) is 0 Å². The number of hydrogen-bond acceptors (Lipinski definition) is 0. The second-order valence-electron chi connectivity index (χ2n) is 2.50. The van der Waals surface area contributed by atoms with Crippen molar-refractivity contribution in [1.29, 1.82) is 0 Å². The molecule has 0 N–H and O–H groups in total. The fourth-order valence-corrected chi connectivity index (χ4v) is 1.08. The smallest absolute Gasteiger partial charge is 0.161 e. The van der Waals surface area contributed by atoms with Crippen molar-refractivity contribution >= 4 is 0 Å². The van der Waals surface area contributed by atoms with E-state index in [0.29, 0.717) is 5.56 Å². The summed E-state index contributed by atoms with van der Waals surface area (Å²) in [7, 11) is 0. The number of hydrogen-bond donors (Lipinski definition) is 0. The van der Waals surface area contributed by atoms with Gasteiger partial charge in [-0.05, 0) is 30.5 Å². The minimum Gasteiger partial charge on any atom is -0.204 e. The van der Waals surface area contributed by atoms with Crippen molar-refractivity contribution in [2.24, 2.45) is 0 Å². The van der Waals surface area contributed by atoms with Gasteiger partial charge in [-0.25, -0.2) is 8.78 Å². The first-order valence-electron chi connectivity index (χ1n) is 4.60. The Hall–Kier alpha value is -0.920. The van der Waals surface area contributed by atoms with E-state index in [1.165, 1.54) is 6.07 Å². The molecule has 13 heavy (non-hydrogen) atoms. The van der Waals surface area contributed by atoms with Crippen LogP contribution in [0.4, 0.5) is 8.78 Å². The Labute approximate surface area is 78.6 Å². The topological polar surface area (TPSA) is 0 Å². The zero-order valence-electron chi connectivity index (χ0n) is 8.62. The molecule has 0 spiro atoms. The minimum absolute atomic E-state index is 0.424. The molecular weight excluding hydrogens is 170 g/mol. The third-order valence-electron chi connectivity index (χ3n) is 1.83. The summed E-state index contributed by atoms with van der Waals surface area (Å²) in [6.07, 6.45) is 0.739. The van der Waals surface area contributed by atoms with Crippen molar-refractivity contribution in [2.75, 3.05) is 0 Å². The van der Waals surface area contributed by atoms with Crippen LogP contribution in [0, 0.1) is 18.6 Å². The average Bonchev–Trinajstić information content (AvgIpc) is 2.18. The van der Waals surface area contributed by atoms with Crippen LogP contribution >= 0.6 is 0 Å². The molecule has 0 nitrogen and oxygen atoms in total. The summed E-state index contributed by atoms with van der Waals surface area (Å²) >= 11 is 0. The third-order valence-corrected chi connectivity index (χ3v) is 1.83. The standard InChI is InChI=1S/C9H10F2.C2H6/c1-3-7-4-5-8(10)9(11)6(7)2;1-2/h4-5H,3H2,1-2H3;1-2H3. The molecule has 0 aromatic heterocycles. The largest absolute Gasteiger partial charge is 0.204 e. The van der Waals surface area contributed by atoms with Crippen LogP contribution in [0.1, 0.15) is 31.9 Å². The van der Waals surface area contributed by atoms with Gasteiger partial charge in [-0.3, -0.25) is 0 Å². The molecule has 0 aliphatic rings. The first-order chi connectivity index (χ1) is 6.16. The van der Waals surface area contributed by atoms with Crippen LogP contribution in [0.15, 0.2) is 12.1 Å². The van der Waals surface area contributed by atoms with Gasteiger partial charge < -0.3 is 0 Å². The van der Waals surface area contributed by atoms with Crippen molar-refractivity contribution in [2.45, 2.75) is 34.1 Å². The van der Waals surface area contributed by atoms with Gasteiger partial charge in [0.05, 0.1) is 0 Å². The van der Waals surface area contributed by atoms with E-state index in [1.54, 1.807) is 13.0 Å². The fraction of sp³-hybridized carbons (Fsp3) is 0.455. The van der Waals surface area contributed by atoms with Gasteiger partial charge in [-0.15, -0.1) is 0 Å². The monoisotopic (exact) mass is 186 g/mol. The van der Waals surface area contributed by atoms with E-state index in [0.717, 1.165) is 12.0 Å². The van der Waals surface area contributed by atoms with Gasteiger partial charge in [0, 0.05) is 0 Å². The van der Waals surface area contributed by atoms with E-state index >= 15 is 0 Å². The third kappa shape index (κ3) is 2.79. The lowest BCUT2D eigenvalue weighted by Gasteiger charge is -2.03. The van der Waals surface area contributed by atoms with Crippen LogP contribution in [-0.4, -0.2) is 0 Å². The van der Waals surface area contributed by atoms with Crippen molar-refractivity contribution in [3.05, 3.63) is 34.9 Å². The summed E-state index contributed by atoms with van der Waals surface area (Å²) in [6.45, 7) is 7.51. The second-order valence-corrected chi connectivity index (χ2v) is 2.50. The Kier molecular flexibility index (Phi) is 5.28. The second kappa shape index (κ2) is 5.68. The van der Waals surface area contributed by atoms with Crippen LogP contribution in [0.2, 0.25) is 0 Å². The Balaban J connectivity index is 0.000000671. The van der Waals surface area contributed by atoms with Gasteiger partial charge >= 0.3 is 0 Å². The van der Waals surface area contributed by atoms with Crippen LogP contribution in [0.25, 0.3) is 0 Å². The molecule has 0 bridgehead atoms. The Bertz CT molecular complexity index is 267. The molecule has 74 valence electrons. The van der Waals surface area contributed by atoms with Gasteiger partial charge in [-0.2, -0.15) is 0 Å². The average molecular weight is 186 g/mol. The minimum atomic E-state index is -0.764. The summed E-state index contributed by atoms with van der Waals surface area (Å²) in [6, 6.07) is 2.79. The van der Waals surface area contributed by atoms with E-state index in [-0.39, 0.29) is 0 Å². The predicted octanol–water partition coefficient (Wildman–Crippen LogP) is 3.86. The highest BCUT2D eigenvalue weighted by Crippen LogP contribution is 2.15. The molecule has 0 aliphatic carbocycles. The summed E-state index contributed by atoms with van der Waals surface area (Å²) in [4.78, 5) is 0. The highest BCUT2D eigenvalue weighted by Gasteiger charge is 2.06. The first-order valence-corrected chi connectivity index (χ1v) is 4.60. The van der Waals surface area contributed by atoms with Gasteiger partial charge in [0.2, 0.25) is 0 Å². The summed E-state index contributed by atoms with van der Waals surface area (Å²) < 4.78 is 25.3. The van der Waals surface area contributed by atoms with Crippen molar-refractivity contribution in [1.82, 2.24) is 0 Å². The Morgan fingerprint density at radius 2 is 1.69 bits per heavy atom. The van der Waals surface area contributed by atoms with Gasteiger partial charge in [-0.1, -0.05) is 26.8 Å². The van der Waals surface area contributed by atoms with E-state index in [1.807, 2.05) is 20.8 Å². The Morgan fingerprint density at radius 3 is 2.15 bits per heavy atom. The Morgan fingerprint density at radius 1 is 1.15 bits per heavy atom. The molecule has 0 saturated carbocycles. The number of aryl methyl sites for hydroxylation is 1. The van der Waals surface area contributed by atoms with Crippen LogP contribution in [-0.2, 0) is 6.42 Å². The van der Waals surface area contributed by atoms with E-state index < -0.39 is 11.6 Å². The molecule has 1 aromatic carbocycles. The predicted molar refractivity (Wildman–Crippen MR) is 51.8 cm³/mol. The maximum Gasteiger partial charge on any atom is 0.161 e. The first kappa shape index (κ1) is 12.1. The molecule has 0 unspecified atom stereocenters. The van der Waals surface area contributed by atoms with Crippen molar-refractivity contribution in [3.63, 3.8) is 0 Å². The normalized spacial score (nSPS) is 9.08. The lowest BCUT2D eigenvalue weighted by molar-refractivity contribution is 0.501. The van der Waals surface area contributed by atoms with Crippen molar-refractivity contribution < 1.29 is 8.78 Å². The molecule has 2 heteroatoms. The highest BCUT2D eigenvalue weighted by atomic mass is 19.2. The van der Waals surface area contributed by atoms with Crippen LogP contribution in [0.3, 0.4) is 0 Å². The maximum absolute atomic E-state index is 12.8. The van der Waals surface area contributed by atoms with Gasteiger partial charge in [0.15, 0.2) is 11.6 Å². The summed E-state index contributed by atoms with van der Waals surface area (Å²) in [5.41, 5.74) is 1.29. The van der Waals surface area contributed by atoms with Crippen LogP contribution < -0.4 is 0 Å². The highest BCUT2D eigenvalue weighted by molar-refractivity contribution is 5.27. The van der Waals surface area contributed by atoms with Gasteiger partial charge in [0.1, 0.15) is 0 Å². The molecule has 0 atom stereocenters. The fourth-order valence-electron chi connectivity index (χ4n) is 1.08. The van der Waals surface area contributed by atoms with Crippen molar-refractivity contribution in [3.8, 4) is 0 Å². The summed E-state index contributed by atoms with van der Waals surface area (Å²) in [5, 5.41) is 0. The SMILES string of the molecule is CC.CCc1ccc(F)c(F)c1C. The molecule has 1 rings (SSSR count).